The summed E-state index contributed by atoms with van der Waals surface area (Å²) in [6, 6.07) is 13.8. The summed E-state index contributed by atoms with van der Waals surface area (Å²) in [6.45, 7) is 7.82. The maximum absolute atomic E-state index is 12.4. The van der Waals surface area contributed by atoms with Gasteiger partial charge in [-0.05, 0) is 57.9 Å². The third kappa shape index (κ3) is 5.36. The van der Waals surface area contributed by atoms with Crippen LogP contribution >= 0.6 is 0 Å². The molecular weight excluding hydrogens is 388 g/mol. The number of aromatic nitrogens is 3. The van der Waals surface area contributed by atoms with Crippen LogP contribution in [0.2, 0.25) is 0 Å². The number of rotatable bonds is 5. The Bertz CT molecular complexity index is 1020. The highest BCUT2D eigenvalue weighted by Crippen LogP contribution is 2.21. The van der Waals surface area contributed by atoms with Gasteiger partial charge in [0.2, 0.25) is 0 Å². The van der Waals surface area contributed by atoms with Crippen molar-refractivity contribution in [3.8, 4) is 0 Å². The first kappa shape index (κ1) is 20.8. The van der Waals surface area contributed by atoms with E-state index in [1.807, 2.05) is 57.2 Å². The molecule has 1 aromatic carbocycles. The summed E-state index contributed by atoms with van der Waals surface area (Å²) < 4.78 is 0. The number of aryl methyl sites for hydroxylation is 3. The Balaban J connectivity index is 1.30. The molecule has 3 heterocycles. The quantitative estimate of drug-likeness (QED) is 0.651. The smallest absolute Gasteiger partial charge is 0.257 e. The minimum absolute atomic E-state index is 0.161. The summed E-state index contributed by atoms with van der Waals surface area (Å²) in [5, 5.41) is 6.39. The van der Waals surface area contributed by atoms with Crippen LogP contribution in [0.3, 0.4) is 0 Å². The van der Waals surface area contributed by atoms with Crippen molar-refractivity contribution in [2.24, 2.45) is 0 Å². The van der Waals surface area contributed by atoms with Crippen molar-refractivity contribution in [3.63, 3.8) is 0 Å². The van der Waals surface area contributed by atoms with Gasteiger partial charge in [0, 0.05) is 42.8 Å². The molecule has 0 spiro atoms. The van der Waals surface area contributed by atoms with E-state index in [0.29, 0.717) is 11.6 Å². The number of benzene rings is 1. The lowest BCUT2D eigenvalue weighted by molar-refractivity contribution is 0.102. The van der Waals surface area contributed by atoms with Crippen LogP contribution in [0.15, 0.2) is 48.7 Å². The average molecular weight is 417 g/mol. The monoisotopic (exact) mass is 416 g/mol. The second-order valence-electron chi connectivity index (χ2n) is 8.07. The second kappa shape index (κ2) is 9.12. The fourth-order valence-electron chi connectivity index (χ4n) is 3.78. The molecule has 4 rings (SSSR count). The SMILES string of the molecule is Cc1ccc(NC(=O)c2ccc(NC3CCN(c4cc(C)nc(C)n4)CC3)nc2)cc1. The number of hydrogen-bond donors (Lipinski definition) is 2. The summed E-state index contributed by atoms with van der Waals surface area (Å²) >= 11 is 0. The second-order valence-corrected chi connectivity index (χ2v) is 8.07. The lowest BCUT2D eigenvalue weighted by Gasteiger charge is -2.33. The van der Waals surface area contributed by atoms with E-state index < -0.39 is 0 Å². The minimum Gasteiger partial charge on any atom is -0.367 e. The van der Waals surface area contributed by atoms with Crippen LogP contribution in [0.1, 0.15) is 40.3 Å². The van der Waals surface area contributed by atoms with Crippen LogP contribution < -0.4 is 15.5 Å². The average Bonchev–Trinajstić information content (AvgIpc) is 2.76. The summed E-state index contributed by atoms with van der Waals surface area (Å²) in [5.74, 6) is 2.45. The maximum Gasteiger partial charge on any atom is 0.257 e. The molecule has 7 nitrogen and oxygen atoms in total. The normalized spacial score (nSPS) is 14.4. The Morgan fingerprint density at radius 3 is 2.39 bits per heavy atom. The van der Waals surface area contributed by atoms with E-state index >= 15 is 0 Å². The van der Waals surface area contributed by atoms with Gasteiger partial charge in [-0.3, -0.25) is 4.79 Å². The largest absolute Gasteiger partial charge is 0.367 e. The van der Waals surface area contributed by atoms with Crippen molar-refractivity contribution in [2.75, 3.05) is 28.6 Å². The third-order valence-corrected chi connectivity index (χ3v) is 5.46. The number of piperidine rings is 1. The van der Waals surface area contributed by atoms with E-state index in [2.05, 4.69) is 30.5 Å². The molecule has 2 aromatic heterocycles. The van der Waals surface area contributed by atoms with Crippen LogP contribution in [0.4, 0.5) is 17.3 Å². The van der Waals surface area contributed by atoms with Gasteiger partial charge in [-0.25, -0.2) is 15.0 Å². The molecule has 0 saturated carbocycles. The molecule has 2 N–H and O–H groups in total. The zero-order valence-corrected chi connectivity index (χ0v) is 18.2. The Hall–Kier alpha value is -3.48. The molecular formula is C24H28N6O. The van der Waals surface area contributed by atoms with Gasteiger partial charge in [0.1, 0.15) is 17.5 Å². The number of nitrogens with zero attached hydrogens (tertiary/aromatic N) is 4. The number of amides is 1. The molecule has 3 aromatic rings. The molecule has 1 aliphatic rings. The van der Waals surface area contributed by atoms with Gasteiger partial charge in [0.05, 0.1) is 5.56 Å². The Morgan fingerprint density at radius 1 is 1.00 bits per heavy atom. The number of carbonyl (C=O) groups excluding carboxylic acids is 1. The number of nitrogens with one attached hydrogen (secondary N) is 2. The molecule has 0 aliphatic carbocycles. The fraction of sp³-hybridized carbons (Fsp3) is 0.333. The van der Waals surface area contributed by atoms with Gasteiger partial charge in [0.15, 0.2) is 0 Å². The molecule has 1 amide bonds. The zero-order chi connectivity index (χ0) is 21.8. The lowest BCUT2D eigenvalue weighted by atomic mass is 10.0. The molecule has 0 bridgehead atoms. The van der Waals surface area contributed by atoms with E-state index in [0.717, 1.165) is 60.3 Å². The zero-order valence-electron chi connectivity index (χ0n) is 18.2. The number of carbonyl (C=O) groups is 1. The van der Waals surface area contributed by atoms with Crippen LogP contribution in [0, 0.1) is 20.8 Å². The van der Waals surface area contributed by atoms with E-state index in [4.69, 9.17) is 0 Å². The van der Waals surface area contributed by atoms with Crippen molar-refractivity contribution in [1.82, 2.24) is 15.0 Å². The van der Waals surface area contributed by atoms with Crippen molar-refractivity contribution in [3.05, 3.63) is 71.3 Å². The molecule has 7 heteroatoms. The van der Waals surface area contributed by atoms with E-state index in [-0.39, 0.29) is 5.91 Å². The Morgan fingerprint density at radius 2 is 1.74 bits per heavy atom. The molecule has 1 aliphatic heterocycles. The van der Waals surface area contributed by atoms with Crippen LogP contribution in [0.25, 0.3) is 0 Å². The number of hydrogen-bond acceptors (Lipinski definition) is 6. The molecule has 1 fully saturated rings. The van der Waals surface area contributed by atoms with E-state index in [9.17, 15) is 4.79 Å². The highest BCUT2D eigenvalue weighted by atomic mass is 16.1. The van der Waals surface area contributed by atoms with Crippen molar-refractivity contribution in [2.45, 2.75) is 39.7 Å². The predicted molar refractivity (Wildman–Crippen MR) is 124 cm³/mol. The summed E-state index contributed by atoms with van der Waals surface area (Å²) in [7, 11) is 0. The Kier molecular flexibility index (Phi) is 6.11. The van der Waals surface area contributed by atoms with Crippen molar-refractivity contribution in [1.29, 1.82) is 0 Å². The number of pyridine rings is 1. The van der Waals surface area contributed by atoms with Gasteiger partial charge in [-0.15, -0.1) is 0 Å². The fourth-order valence-corrected chi connectivity index (χ4v) is 3.78. The van der Waals surface area contributed by atoms with Crippen LogP contribution in [0.5, 0.6) is 0 Å². The van der Waals surface area contributed by atoms with Crippen molar-refractivity contribution < 1.29 is 4.79 Å². The maximum atomic E-state index is 12.4. The van der Waals surface area contributed by atoms with Crippen LogP contribution in [-0.4, -0.2) is 40.0 Å². The molecule has 0 atom stereocenters. The minimum atomic E-state index is -0.161. The van der Waals surface area contributed by atoms with Gasteiger partial charge in [-0.2, -0.15) is 0 Å². The summed E-state index contributed by atoms with van der Waals surface area (Å²) in [4.78, 5) is 28.1. The van der Waals surface area contributed by atoms with Gasteiger partial charge >= 0.3 is 0 Å². The highest BCUT2D eigenvalue weighted by molar-refractivity contribution is 6.04. The molecule has 31 heavy (non-hydrogen) atoms. The Labute approximate surface area is 183 Å². The summed E-state index contributed by atoms with van der Waals surface area (Å²) in [5.41, 5.74) is 3.47. The molecule has 1 saturated heterocycles. The first-order chi connectivity index (χ1) is 15.0. The number of anilines is 3. The van der Waals surface area contributed by atoms with E-state index in [1.54, 1.807) is 12.3 Å². The summed E-state index contributed by atoms with van der Waals surface area (Å²) in [6.07, 6.45) is 3.62. The third-order valence-electron chi connectivity index (χ3n) is 5.46. The molecule has 160 valence electrons. The standard InChI is InChI=1S/C24H28N6O/c1-16-4-7-20(8-5-16)29-24(31)19-6-9-22(25-15-19)28-21-10-12-30(13-11-21)23-14-17(2)26-18(3)27-23/h4-9,14-15,21H,10-13H2,1-3H3,(H,25,28)(H,29,31). The van der Waals surface area contributed by atoms with E-state index in [1.165, 1.54) is 0 Å². The molecule has 0 unspecified atom stereocenters. The first-order valence-corrected chi connectivity index (χ1v) is 10.6. The topological polar surface area (TPSA) is 83.0 Å². The lowest BCUT2D eigenvalue weighted by Crippen LogP contribution is -2.39. The van der Waals surface area contributed by atoms with Gasteiger partial charge < -0.3 is 15.5 Å². The van der Waals surface area contributed by atoms with Crippen molar-refractivity contribution >= 4 is 23.2 Å². The van der Waals surface area contributed by atoms with Gasteiger partial charge in [0.25, 0.3) is 5.91 Å². The van der Waals surface area contributed by atoms with Crippen LogP contribution in [-0.2, 0) is 0 Å². The van der Waals surface area contributed by atoms with Gasteiger partial charge in [-0.1, -0.05) is 17.7 Å². The molecule has 0 radical (unpaired) electrons. The first-order valence-electron chi connectivity index (χ1n) is 10.6. The predicted octanol–water partition coefficient (Wildman–Crippen LogP) is 4.13. The highest BCUT2D eigenvalue weighted by Gasteiger charge is 2.21.